The first kappa shape index (κ1) is 17.4. The van der Waals surface area contributed by atoms with Gasteiger partial charge in [-0.15, -0.1) is 0 Å². The topological polar surface area (TPSA) is 96.0 Å². The zero-order valence-electron chi connectivity index (χ0n) is 13.1. The molecule has 1 rings (SSSR count). The summed E-state index contributed by atoms with van der Waals surface area (Å²) in [4.78, 5) is 0. The van der Waals surface area contributed by atoms with Crippen LogP contribution in [0.25, 0.3) is 0 Å². The van der Waals surface area contributed by atoms with E-state index in [4.69, 9.17) is 11.1 Å². The lowest BCUT2D eigenvalue weighted by molar-refractivity contribution is 0.285. The molecular weight excluding hydrogens is 274 g/mol. The summed E-state index contributed by atoms with van der Waals surface area (Å²) in [5.41, 5.74) is 4.81. The van der Waals surface area contributed by atoms with Gasteiger partial charge in [0.15, 0.2) is 0 Å². The highest BCUT2D eigenvalue weighted by Crippen LogP contribution is 2.32. The van der Waals surface area contributed by atoms with Crippen LogP contribution < -0.4 is 10.5 Å². The van der Waals surface area contributed by atoms with Gasteiger partial charge >= 0.3 is 0 Å². The summed E-state index contributed by atoms with van der Waals surface area (Å²) in [5, 5.41) is 7.79. The first-order chi connectivity index (χ1) is 8.96. The van der Waals surface area contributed by atoms with Crippen LogP contribution in [-0.2, 0) is 10.0 Å². The second-order valence-electron chi connectivity index (χ2n) is 7.41. The molecule has 5 nitrogen and oxygen atoms in total. The summed E-state index contributed by atoms with van der Waals surface area (Å²) in [5.74, 6) is 0.603. The molecule has 0 spiro atoms. The third-order valence-corrected chi connectivity index (χ3v) is 5.56. The van der Waals surface area contributed by atoms with Crippen molar-refractivity contribution in [2.45, 2.75) is 65.3 Å². The van der Waals surface area contributed by atoms with E-state index in [1.807, 2.05) is 20.8 Å². The molecule has 118 valence electrons. The lowest BCUT2D eigenvalue weighted by Gasteiger charge is -2.39. The molecular formula is C14H29N3O2S. The highest BCUT2D eigenvalue weighted by Gasteiger charge is 2.40. The number of hydrogen-bond donors (Lipinski definition) is 3. The Bertz CT molecular complexity index is 444. The Morgan fingerprint density at radius 2 is 1.85 bits per heavy atom. The average molecular weight is 303 g/mol. The van der Waals surface area contributed by atoms with Crippen molar-refractivity contribution in [1.29, 1.82) is 5.41 Å². The van der Waals surface area contributed by atoms with E-state index >= 15 is 0 Å². The van der Waals surface area contributed by atoms with Gasteiger partial charge in [0.1, 0.15) is 5.84 Å². The number of hydrogen-bond acceptors (Lipinski definition) is 3. The Morgan fingerprint density at radius 1 is 1.35 bits per heavy atom. The van der Waals surface area contributed by atoms with Gasteiger partial charge in [-0.05, 0) is 43.4 Å². The van der Waals surface area contributed by atoms with Gasteiger partial charge in [0.05, 0.1) is 11.3 Å². The van der Waals surface area contributed by atoms with Crippen molar-refractivity contribution in [3.63, 3.8) is 0 Å². The lowest BCUT2D eigenvalue weighted by Crippen LogP contribution is -2.59. The van der Waals surface area contributed by atoms with Crippen LogP contribution in [0.2, 0.25) is 0 Å². The van der Waals surface area contributed by atoms with E-state index in [9.17, 15) is 8.42 Å². The van der Waals surface area contributed by atoms with E-state index < -0.39 is 15.6 Å². The van der Waals surface area contributed by atoms with Crippen molar-refractivity contribution in [3.8, 4) is 0 Å². The maximum absolute atomic E-state index is 12.3. The molecule has 0 unspecified atom stereocenters. The predicted octanol–water partition coefficient (Wildman–Crippen LogP) is 2.23. The molecule has 0 aromatic heterocycles. The fraction of sp³-hybridized carbons (Fsp3) is 0.929. The summed E-state index contributed by atoms with van der Waals surface area (Å²) in [7, 11) is -3.41. The SMILES string of the molecule is CC1CCC(NS(=O)(=O)CCC(C)(C)C)(C(=N)N)CC1. The Balaban J connectivity index is 2.78. The first-order valence-corrected chi connectivity index (χ1v) is 8.97. The van der Waals surface area contributed by atoms with Crippen LogP contribution in [0.3, 0.4) is 0 Å². The second-order valence-corrected chi connectivity index (χ2v) is 9.25. The molecule has 0 bridgehead atoms. The van der Waals surface area contributed by atoms with E-state index in [1.54, 1.807) is 0 Å². The van der Waals surface area contributed by atoms with Crippen LogP contribution in [0.1, 0.15) is 59.8 Å². The van der Waals surface area contributed by atoms with Crippen molar-refractivity contribution in [2.24, 2.45) is 17.1 Å². The number of nitrogens with one attached hydrogen (secondary N) is 2. The van der Waals surface area contributed by atoms with Gasteiger partial charge in [0, 0.05) is 0 Å². The molecule has 1 saturated carbocycles. The monoisotopic (exact) mass is 303 g/mol. The molecule has 1 aliphatic rings. The van der Waals surface area contributed by atoms with Crippen molar-refractivity contribution >= 4 is 15.9 Å². The predicted molar refractivity (Wildman–Crippen MR) is 83.3 cm³/mol. The minimum absolute atomic E-state index is 0.0286. The summed E-state index contributed by atoms with van der Waals surface area (Å²) in [6.07, 6.45) is 3.64. The standard InChI is InChI=1S/C14H29N3O2S/c1-11-5-7-14(8-6-11,12(15)16)17-20(18,19)10-9-13(2,3)4/h11,17H,5-10H2,1-4H3,(H3,15,16). The van der Waals surface area contributed by atoms with Gasteiger partial charge in [-0.1, -0.05) is 27.7 Å². The third kappa shape index (κ3) is 5.05. The fourth-order valence-electron chi connectivity index (χ4n) is 2.47. The zero-order chi connectivity index (χ0) is 15.6. The Hall–Kier alpha value is -0.620. The van der Waals surface area contributed by atoms with Gasteiger partial charge in [-0.25, -0.2) is 13.1 Å². The molecule has 0 aromatic carbocycles. The molecule has 0 aromatic rings. The largest absolute Gasteiger partial charge is 0.386 e. The van der Waals surface area contributed by atoms with Crippen LogP contribution in [0, 0.1) is 16.7 Å². The Labute approximate surface area is 123 Å². The quantitative estimate of drug-likeness (QED) is 0.536. The Kier molecular flexibility index (Phi) is 5.24. The van der Waals surface area contributed by atoms with E-state index in [2.05, 4.69) is 11.6 Å². The average Bonchev–Trinajstić information content (AvgIpc) is 2.29. The van der Waals surface area contributed by atoms with Crippen LogP contribution in [0.15, 0.2) is 0 Å². The number of amidine groups is 1. The summed E-state index contributed by atoms with van der Waals surface area (Å²) in [6.45, 7) is 8.21. The van der Waals surface area contributed by atoms with E-state index in [0.717, 1.165) is 12.8 Å². The molecule has 0 heterocycles. The maximum Gasteiger partial charge on any atom is 0.212 e. The van der Waals surface area contributed by atoms with Gasteiger partial charge in [-0.2, -0.15) is 0 Å². The van der Waals surface area contributed by atoms with Gasteiger partial charge in [0.2, 0.25) is 10.0 Å². The highest BCUT2D eigenvalue weighted by atomic mass is 32.2. The van der Waals surface area contributed by atoms with E-state index in [-0.39, 0.29) is 17.0 Å². The Morgan fingerprint density at radius 3 is 2.25 bits per heavy atom. The first-order valence-electron chi connectivity index (χ1n) is 7.32. The van der Waals surface area contributed by atoms with Gasteiger partial charge in [-0.3, -0.25) is 5.41 Å². The summed E-state index contributed by atoms with van der Waals surface area (Å²) < 4.78 is 27.3. The van der Waals surface area contributed by atoms with Crippen LogP contribution >= 0.6 is 0 Å². The minimum Gasteiger partial charge on any atom is -0.386 e. The van der Waals surface area contributed by atoms with Crippen molar-refractivity contribution < 1.29 is 8.42 Å². The fourth-order valence-corrected chi connectivity index (χ4v) is 4.36. The number of rotatable bonds is 5. The molecule has 6 heteroatoms. The molecule has 0 aliphatic heterocycles. The molecule has 0 atom stereocenters. The smallest absolute Gasteiger partial charge is 0.212 e. The third-order valence-electron chi connectivity index (χ3n) is 4.12. The summed E-state index contributed by atoms with van der Waals surface area (Å²) >= 11 is 0. The van der Waals surface area contributed by atoms with E-state index in [1.165, 1.54) is 0 Å². The number of sulfonamides is 1. The zero-order valence-corrected chi connectivity index (χ0v) is 13.9. The molecule has 4 N–H and O–H groups in total. The van der Waals surface area contributed by atoms with Gasteiger partial charge in [0.25, 0.3) is 0 Å². The van der Waals surface area contributed by atoms with Crippen LogP contribution in [0.5, 0.6) is 0 Å². The highest BCUT2D eigenvalue weighted by molar-refractivity contribution is 7.89. The summed E-state index contributed by atoms with van der Waals surface area (Å²) in [6, 6.07) is 0. The maximum atomic E-state index is 12.3. The van der Waals surface area contributed by atoms with Crippen molar-refractivity contribution in [1.82, 2.24) is 4.72 Å². The lowest BCUT2D eigenvalue weighted by atomic mass is 9.77. The molecule has 1 fully saturated rings. The normalized spacial score (nSPS) is 28.3. The van der Waals surface area contributed by atoms with Gasteiger partial charge < -0.3 is 5.73 Å². The molecule has 0 amide bonds. The second kappa shape index (κ2) is 6.02. The van der Waals surface area contributed by atoms with E-state index in [0.29, 0.717) is 25.2 Å². The van der Waals surface area contributed by atoms with Crippen molar-refractivity contribution in [3.05, 3.63) is 0 Å². The molecule has 0 radical (unpaired) electrons. The number of nitrogens with two attached hydrogens (primary N) is 1. The van der Waals surface area contributed by atoms with Crippen molar-refractivity contribution in [2.75, 3.05) is 5.75 Å². The van der Waals surface area contributed by atoms with Crippen LogP contribution in [0.4, 0.5) is 0 Å². The van der Waals surface area contributed by atoms with Crippen LogP contribution in [-0.4, -0.2) is 25.5 Å². The molecule has 1 aliphatic carbocycles. The minimum atomic E-state index is -3.41. The molecule has 0 saturated heterocycles. The molecule has 20 heavy (non-hydrogen) atoms.